The molecular formula is C6H5BO2S. The smallest absolute Gasteiger partial charge is 0.338 e. The van der Waals surface area contributed by atoms with Crippen LogP contribution in [0.1, 0.15) is 10.4 Å². The van der Waals surface area contributed by atoms with Crippen molar-refractivity contribution in [2.24, 2.45) is 0 Å². The van der Waals surface area contributed by atoms with E-state index in [1.54, 1.807) is 11.4 Å². The zero-order valence-corrected chi connectivity index (χ0v) is 6.27. The summed E-state index contributed by atoms with van der Waals surface area (Å²) in [5.74, 6) is -0.376. The highest BCUT2D eigenvalue weighted by Gasteiger charge is 2.07. The third-order valence-electron chi connectivity index (χ3n) is 1.10. The SMILES string of the molecule is [B]c1sccc1C(=O)OC. The van der Waals surface area contributed by atoms with Gasteiger partial charge in [-0.2, -0.15) is 11.3 Å². The van der Waals surface area contributed by atoms with Crippen LogP contribution in [0.15, 0.2) is 11.4 Å². The summed E-state index contributed by atoms with van der Waals surface area (Å²) in [6.07, 6.45) is 0. The summed E-state index contributed by atoms with van der Waals surface area (Å²) in [6, 6.07) is 1.64. The highest BCUT2D eigenvalue weighted by Crippen LogP contribution is 2.02. The van der Waals surface area contributed by atoms with Gasteiger partial charge in [0.2, 0.25) is 0 Å². The van der Waals surface area contributed by atoms with E-state index in [1.807, 2.05) is 0 Å². The Balaban J connectivity index is 2.93. The molecule has 1 aromatic heterocycles. The van der Waals surface area contributed by atoms with Crippen LogP contribution in [0.25, 0.3) is 0 Å². The molecule has 0 aliphatic carbocycles. The van der Waals surface area contributed by atoms with Gasteiger partial charge >= 0.3 is 5.97 Å². The molecule has 1 rings (SSSR count). The first kappa shape index (κ1) is 7.34. The largest absolute Gasteiger partial charge is 0.465 e. The van der Waals surface area contributed by atoms with Crippen molar-refractivity contribution in [3.8, 4) is 0 Å². The topological polar surface area (TPSA) is 26.3 Å². The Kier molecular flexibility index (Phi) is 2.11. The molecule has 0 bridgehead atoms. The molecule has 0 unspecified atom stereocenters. The van der Waals surface area contributed by atoms with Gasteiger partial charge in [-0.15, -0.1) is 0 Å². The van der Waals surface area contributed by atoms with Gasteiger partial charge in [0.05, 0.1) is 12.7 Å². The van der Waals surface area contributed by atoms with Crippen molar-refractivity contribution in [3.63, 3.8) is 0 Å². The molecule has 1 heterocycles. The van der Waals surface area contributed by atoms with Gasteiger partial charge in [0.25, 0.3) is 0 Å². The van der Waals surface area contributed by atoms with Gasteiger partial charge in [-0.05, 0) is 16.2 Å². The predicted octanol–water partition coefficient (Wildman–Crippen LogP) is 0.329. The Bertz CT molecular complexity index is 244. The molecule has 0 atom stereocenters. The minimum Gasteiger partial charge on any atom is -0.465 e. The van der Waals surface area contributed by atoms with Gasteiger partial charge in [-0.3, -0.25) is 0 Å². The Hall–Kier alpha value is -0.765. The van der Waals surface area contributed by atoms with E-state index in [0.717, 1.165) is 0 Å². The molecule has 0 N–H and O–H groups in total. The van der Waals surface area contributed by atoms with Crippen LogP contribution in [0.4, 0.5) is 0 Å². The minimum atomic E-state index is -0.376. The lowest BCUT2D eigenvalue weighted by atomic mass is 10.0. The molecule has 0 spiro atoms. The summed E-state index contributed by atoms with van der Waals surface area (Å²) in [4.78, 5) is 10.8. The molecule has 0 saturated heterocycles. The molecule has 2 radical (unpaired) electrons. The third kappa shape index (κ3) is 1.21. The minimum absolute atomic E-state index is 0.376. The lowest BCUT2D eigenvalue weighted by Crippen LogP contribution is -2.11. The fourth-order valence-corrected chi connectivity index (χ4v) is 1.23. The van der Waals surface area contributed by atoms with Crippen molar-refractivity contribution in [1.82, 2.24) is 0 Å². The Labute approximate surface area is 64.2 Å². The van der Waals surface area contributed by atoms with Gasteiger partial charge in [0, 0.05) is 0 Å². The van der Waals surface area contributed by atoms with Gasteiger partial charge < -0.3 is 4.74 Å². The molecule has 0 aliphatic heterocycles. The fourth-order valence-electron chi connectivity index (χ4n) is 0.600. The van der Waals surface area contributed by atoms with E-state index in [9.17, 15) is 4.79 Å². The van der Waals surface area contributed by atoms with Crippen molar-refractivity contribution >= 4 is 29.9 Å². The third-order valence-corrected chi connectivity index (χ3v) is 1.85. The van der Waals surface area contributed by atoms with Crippen LogP contribution in [0, 0.1) is 0 Å². The molecule has 1 aromatic rings. The van der Waals surface area contributed by atoms with E-state index in [-0.39, 0.29) is 5.97 Å². The molecule has 0 saturated carbocycles. The van der Waals surface area contributed by atoms with Gasteiger partial charge in [-0.25, -0.2) is 4.79 Å². The molecule has 0 aromatic carbocycles. The van der Waals surface area contributed by atoms with E-state index in [1.165, 1.54) is 18.4 Å². The van der Waals surface area contributed by atoms with Gasteiger partial charge in [-0.1, -0.05) is 0 Å². The maximum atomic E-state index is 10.8. The fraction of sp³-hybridized carbons (Fsp3) is 0.167. The van der Waals surface area contributed by atoms with Crippen LogP contribution >= 0.6 is 11.3 Å². The van der Waals surface area contributed by atoms with E-state index in [4.69, 9.17) is 7.85 Å². The van der Waals surface area contributed by atoms with Gasteiger partial charge in [0.15, 0.2) is 0 Å². The highest BCUT2D eigenvalue weighted by molar-refractivity contribution is 7.18. The van der Waals surface area contributed by atoms with E-state index >= 15 is 0 Å². The monoisotopic (exact) mass is 152 g/mol. The van der Waals surface area contributed by atoms with Crippen LogP contribution in [0.3, 0.4) is 0 Å². The molecular weight excluding hydrogens is 147 g/mol. The number of hydrogen-bond acceptors (Lipinski definition) is 3. The molecule has 0 amide bonds. The number of ether oxygens (including phenoxy) is 1. The molecule has 50 valence electrons. The number of carbonyl (C=O) groups is 1. The standard InChI is InChI=1S/C6H5BO2S/c1-9-6(8)4-2-3-10-5(4)7/h2-3H,1H3. The normalized spacial score (nSPS) is 9.30. The van der Waals surface area contributed by atoms with Gasteiger partial charge in [0.1, 0.15) is 7.85 Å². The van der Waals surface area contributed by atoms with Crippen molar-refractivity contribution in [3.05, 3.63) is 17.0 Å². The first-order valence-corrected chi connectivity index (χ1v) is 3.55. The second-order valence-electron chi connectivity index (χ2n) is 1.69. The van der Waals surface area contributed by atoms with Crippen LogP contribution in [0.2, 0.25) is 0 Å². The van der Waals surface area contributed by atoms with E-state index < -0.39 is 0 Å². The maximum absolute atomic E-state index is 10.8. The number of methoxy groups -OCH3 is 1. The lowest BCUT2D eigenvalue weighted by Gasteiger charge is -1.94. The average molecular weight is 152 g/mol. The summed E-state index contributed by atoms with van der Waals surface area (Å²) in [6.45, 7) is 0. The first-order valence-electron chi connectivity index (χ1n) is 2.67. The van der Waals surface area contributed by atoms with Crippen molar-refractivity contribution in [1.29, 1.82) is 0 Å². The summed E-state index contributed by atoms with van der Waals surface area (Å²) in [5, 5.41) is 1.75. The molecule has 0 aliphatic rings. The quantitative estimate of drug-likeness (QED) is 0.428. The number of thiophene rings is 1. The lowest BCUT2D eigenvalue weighted by molar-refractivity contribution is 0.0603. The number of carbonyl (C=O) groups excluding carboxylic acids is 1. The zero-order valence-electron chi connectivity index (χ0n) is 5.46. The first-order chi connectivity index (χ1) is 4.75. The molecule has 10 heavy (non-hydrogen) atoms. The van der Waals surface area contributed by atoms with Crippen LogP contribution in [-0.2, 0) is 4.74 Å². The second kappa shape index (κ2) is 2.88. The molecule has 2 nitrogen and oxygen atoms in total. The predicted molar refractivity (Wildman–Crippen MR) is 41.0 cm³/mol. The number of hydrogen-bond donors (Lipinski definition) is 0. The van der Waals surface area contributed by atoms with Crippen LogP contribution < -0.4 is 4.78 Å². The summed E-state index contributed by atoms with van der Waals surface area (Å²) in [7, 11) is 6.77. The summed E-state index contributed by atoms with van der Waals surface area (Å²) in [5.41, 5.74) is 0.451. The maximum Gasteiger partial charge on any atom is 0.338 e. The summed E-state index contributed by atoms with van der Waals surface area (Å²) < 4.78 is 4.97. The Morgan fingerprint density at radius 1 is 1.80 bits per heavy atom. The average Bonchev–Trinajstić information content (AvgIpc) is 2.34. The van der Waals surface area contributed by atoms with Crippen LogP contribution in [-0.4, -0.2) is 20.9 Å². The number of esters is 1. The van der Waals surface area contributed by atoms with E-state index in [0.29, 0.717) is 10.3 Å². The van der Waals surface area contributed by atoms with Crippen molar-refractivity contribution in [2.75, 3.05) is 7.11 Å². The van der Waals surface area contributed by atoms with E-state index in [2.05, 4.69) is 4.74 Å². The number of rotatable bonds is 1. The molecule has 0 fully saturated rings. The molecule has 4 heteroatoms. The van der Waals surface area contributed by atoms with Crippen LogP contribution in [0.5, 0.6) is 0 Å². The van der Waals surface area contributed by atoms with Crippen molar-refractivity contribution in [2.45, 2.75) is 0 Å². The summed E-state index contributed by atoms with van der Waals surface area (Å²) >= 11 is 1.33. The van der Waals surface area contributed by atoms with Crippen molar-refractivity contribution < 1.29 is 9.53 Å². The second-order valence-corrected chi connectivity index (χ2v) is 2.64. The Morgan fingerprint density at radius 2 is 2.50 bits per heavy atom. The Morgan fingerprint density at radius 3 is 2.90 bits per heavy atom. The highest BCUT2D eigenvalue weighted by atomic mass is 32.1. The zero-order chi connectivity index (χ0) is 7.56.